The Morgan fingerprint density at radius 3 is 2.17 bits per heavy atom. The molecule has 1 N–H and O–H groups in total. The van der Waals surface area contributed by atoms with E-state index < -0.39 is 0 Å². The van der Waals surface area contributed by atoms with Gasteiger partial charge in [0.25, 0.3) is 0 Å². The van der Waals surface area contributed by atoms with Crippen LogP contribution in [-0.2, 0) is 14.3 Å². The third-order valence-electron chi connectivity index (χ3n) is 4.57. The molecule has 0 aromatic rings. The first-order valence-corrected chi connectivity index (χ1v) is 8.68. The normalized spacial score (nSPS) is 19.9. The summed E-state index contributed by atoms with van der Waals surface area (Å²) in [5.41, 5.74) is 0. The zero-order valence-electron chi connectivity index (χ0n) is 14.6. The quantitative estimate of drug-likeness (QED) is 0.772. The second kappa shape index (κ2) is 8.86. The van der Waals surface area contributed by atoms with Crippen molar-refractivity contribution in [2.24, 2.45) is 0 Å². The molecule has 0 atom stereocenters. The van der Waals surface area contributed by atoms with Crippen molar-refractivity contribution in [3.8, 4) is 0 Å². The van der Waals surface area contributed by atoms with Gasteiger partial charge in [-0.1, -0.05) is 0 Å². The highest BCUT2D eigenvalue weighted by molar-refractivity contribution is 5.78. The maximum atomic E-state index is 12.2. The van der Waals surface area contributed by atoms with Crippen LogP contribution in [0.5, 0.6) is 0 Å². The number of hydrogen-bond acceptors (Lipinski definition) is 5. The lowest BCUT2D eigenvalue weighted by Crippen LogP contribution is -2.52. The summed E-state index contributed by atoms with van der Waals surface area (Å²) in [4.78, 5) is 40.7. The van der Waals surface area contributed by atoms with E-state index in [9.17, 15) is 14.4 Å². The van der Waals surface area contributed by atoms with Crippen molar-refractivity contribution in [2.75, 3.05) is 52.4 Å². The molecule has 8 heteroatoms. The number of carbonyl (C=O) groups excluding carboxylic acids is 3. The average molecular weight is 340 g/mol. The number of hydrogen-bond donors (Lipinski definition) is 1. The Morgan fingerprint density at radius 1 is 1.00 bits per heavy atom. The van der Waals surface area contributed by atoms with Crippen LogP contribution >= 0.6 is 0 Å². The molecule has 3 amide bonds. The smallest absolute Gasteiger partial charge is 0.409 e. The molecule has 0 saturated carbocycles. The van der Waals surface area contributed by atoms with Gasteiger partial charge in [-0.2, -0.15) is 0 Å². The lowest BCUT2D eigenvalue weighted by atomic mass is 10.1. The Hall–Kier alpha value is -1.83. The van der Waals surface area contributed by atoms with Crippen LogP contribution in [0.25, 0.3) is 0 Å². The topological polar surface area (TPSA) is 82.2 Å². The number of rotatable bonds is 4. The number of amides is 3. The second-order valence-corrected chi connectivity index (χ2v) is 6.31. The third kappa shape index (κ3) is 5.36. The van der Waals surface area contributed by atoms with E-state index in [1.165, 1.54) is 0 Å². The van der Waals surface area contributed by atoms with Crippen LogP contribution in [-0.4, -0.2) is 91.1 Å². The SMILES string of the molecule is CCOC(=O)N1CCC(NC(=O)CN2CCN(C(C)=O)CC2)CC1. The number of piperazine rings is 1. The van der Waals surface area contributed by atoms with Gasteiger partial charge in [0, 0.05) is 52.2 Å². The molecule has 8 nitrogen and oxygen atoms in total. The van der Waals surface area contributed by atoms with Gasteiger partial charge in [0.05, 0.1) is 13.2 Å². The maximum Gasteiger partial charge on any atom is 0.409 e. The Kier molecular flexibility index (Phi) is 6.84. The molecule has 2 rings (SSSR count). The molecule has 0 spiro atoms. The predicted octanol–water partition coefficient (Wildman–Crippen LogP) is -0.112. The molecule has 2 heterocycles. The Morgan fingerprint density at radius 2 is 1.62 bits per heavy atom. The van der Waals surface area contributed by atoms with Gasteiger partial charge in [-0.15, -0.1) is 0 Å². The van der Waals surface area contributed by atoms with Crippen molar-refractivity contribution >= 4 is 17.9 Å². The van der Waals surface area contributed by atoms with Gasteiger partial charge < -0.3 is 19.9 Å². The van der Waals surface area contributed by atoms with E-state index in [0.717, 1.165) is 25.9 Å². The molecule has 0 aliphatic carbocycles. The first-order chi connectivity index (χ1) is 11.5. The fourth-order valence-corrected chi connectivity index (χ4v) is 3.12. The third-order valence-corrected chi connectivity index (χ3v) is 4.57. The van der Waals surface area contributed by atoms with Crippen molar-refractivity contribution in [3.05, 3.63) is 0 Å². The molecular formula is C16H28N4O4. The molecule has 2 aliphatic heterocycles. The molecule has 0 unspecified atom stereocenters. The number of piperidine rings is 1. The number of nitrogens with one attached hydrogen (secondary N) is 1. The first-order valence-electron chi connectivity index (χ1n) is 8.68. The molecule has 2 saturated heterocycles. The van der Waals surface area contributed by atoms with Crippen LogP contribution in [0.1, 0.15) is 26.7 Å². The number of likely N-dealkylation sites (tertiary alicyclic amines) is 1. The van der Waals surface area contributed by atoms with E-state index >= 15 is 0 Å². The summed E-state index contributed by atoms with van der Waals surface area (Å²) in [5, 5.41) is 3.05. The van der Waals surface area contributed by atoms with Gasteiger partial charge in [-0.05, 0) is 19.8 Å². The molecule has 24 heavy (non-hydrogen) atoms. The first kappa shape index (κ1) is 18.5. The van der Waals surface area contributed by atoms with Crippen molar-refractivity contribution in [2.45, 2.75) is 32.7 Å². The number of carbonyl (C=O) groups is 3. The van der Waals surface area contributed by atoms with Crippen LogP contribution in [0.3, 0.4) is 0 Å². The fourth-order valence-electron chi connectivity index (χ4n) is 3.12. The van der Waals surface area contributed by atoms with Crippen LogP contribution in [0, 0.1) is 0 Å². The summed E-state index contributed by atoms with van der Waals surface area (Å²) in [6, 6.07) is 0.113. The minimum absolute atomic E-state index is 0.0147. The summed E-state index contributed by atoms with van der Waals surface area (Å²) < 4.78 is 4.99. The Labute approximate surface area is 143 Å². The van der Waals surface area contributed by atoms with Gasteiger partial charge >= 0.3 is 6.09 Å². The van der Waals surface area contributed by atoms with Crippen molar-refractivity contribution in [1.82, 2.24) is 20.0 Å². The standard InChI is InChI=1S/C16H28N4O4/c1-3-24-16(23)20-6-4-14(5-7-20)17-15(22)12-18-8-10-19(11-9-18)13(2)21/h14H,3-12H2,1-2H3,(H,17,22). The van der Waals surface area contributed by atoms with E-state index in [1.54, 1.807) is 23.6 Å². The minimum Gasteiger partial charge on any atom is -0.450 e. The monoisotopic (exact) mass is 340 g/mol. The van der Waals surface area contributed by atoms with E-state index in [4.69, 9.17) is 4.74 Å². The molecule has 2 fully saturated rings. The molecule has 0 radical (unpaired) electrons. The Bertz CT molecular complexity index is 455. The van der Waals surface area contributed by atoms with Gasteiger partial charge in [-0.3, -0.25) is 14.5 Å². The van der Waals surface area contributed by atoms with Crippen molar-refractivity contribution < 1.29 is 19.1 Å². The van der Waals surface area contributed by atoms with E-state index in [1.807, 2.05) is 0 Å². The average Bonchev–Trinajstić information content (AvgIpc) is 2.56. The summed E-state index contributed by atoms with van der Waals surface area (Å²) >= 11 is 0. The Balaban J connectivity index is 1.65. The summed E-state index contributed by atoms with van der Waals surface area (Å²) in [6.45, 7) is 8.16. The van der Waals surface area contributed by atoms with Gasteiger partial charge in [0.15, 0.2) is 0 Å². The zero-order valence-corrected chi connectivity index (χ0v) is 14.6. The minimum atomic E-state index is -0.273. The van der Waals surface area contributed by atoms with Crippen LogP contribution in [0.2, 0.25) is 0 Å². The maximum absolute atomic E-state index is 12.2. The van der Waals surface area contributed by atoms with Crippen LogP contribution in [0.4, 0.5) is 4.79 Å². The second-order valence-electron chi connectivity index (χ2n) is 6.31. The summed E-state index contributed by atoms with van der Waals surface area (Å²) in [7, 11) is 0. The largest absolute Gasteiger partial charge is 0.450 e. The van der Waals surface area contributed by atoms with Crippen LogP contribution < -0.4 is 5.32 Å². The number of nitrogens with zero attached hydrogens (tertiary/aromatic N) is 3. The summed E-state index contributed by atoms with van der Waals surface area (Å²) in [5.74, 6) is 0.105. The van der Waals surface area contributed by atoms with Gasteiger partial charge in [-0.25, -0.2) is 4.79 Å². The van der Waals surface area contributed by atoms with E-state index in [-0.39, 0.29) is 23.9 Å². The molecule has 136 valence electrons. The lowest BCUT2D eigenvalue weighted by molar-refractivity contribution is -0.131. The highest BCUT2D eigenvalue weighted by Gasteiger charge is 2.26. The lowest BCUT2D eigenvalue weighted by Gasteiger charge is -2.35. The molecule has 0 aromatic heterocycles. The molecular weight excluding hydrogens is 312 g/mol. The summed E-state index contributed by atoms with van der Waals surface area (Å²) in [6.07, 6.45) is 1.23. The molecule has 0 aromatic carbocycles. The van der Waals surface area contributed by atoms with Crippen molar-refractivity contribution in [1.29, 1.82) is 0 Å². The van der Waals surface area contributed by atoms with Gasteiger partial charge in [0.2, 0.25) is 11.8 Å². The van der Waals surface area contributed by atoms with Crippen LogP contribution in [0.15, 0.2) is 0 Å². The van der Waals surface area contributed by atoms with E-state index in [0.29, 0.717) is 39.3 Å². The van der Waals surface area contributed by atoms with Gasteiger partial charge in [0.1, 0.15) is 0 Å². The molecule has 0 bridgehead atoms. The number of ether oxygens (including phenoxy) is 1. The van der Waals surface area contributed by atoms with Crippen molar-refractivity contribution in [3.63, 3.8) is 0 Å². The zero-order chi connectivity index (χ0) is 17.5. The fraction of sp³-hybridized carbons (Fsp3) is 0.812. The molecule has 2 aliphatic rings. The highest BCUT2D eigenvalue weighted by Crippen LogP contribution is 2.11. The predicted molar refractivity (Wildman–Crippen MR) is 88.5 cm³/mol. The highest BCUT2D eigenvalue weighted by atomic mass is 16.6. The van der Waals surface area contributed by atoms with E-state index in [2.05, 4.69) is 10.2 Å².